The molecule has 4 heteroatoms. The summed E-state index contributed by atoms with van der Waals surface area (Å²) in [4.78, 5) is 21.5. The summed E-state index contributed by atoms with van der Waals surface area (Å²) in [7, 11) is 0. The minimum absolute atomic E-state index is 0.0736. The smallest absolute Gasteiger partial charge is 0.189 e. The second-order valence-corrected chi connectivity index (χ2v) is 5.60. The van der Waals surface area contributed by atoms with Crippen LogP contribution in [0.5, 0.6) is 0 Å². The van der Waals surface area contributed by atoms with Gasteiger partial charge < -0.3 is 5.32 Å². The normalized spacial score (nSPS) is 19.3. The van der Waals surface area contributed by atoms with E-state index in [4.69, 9.17) is 0 Å². The first-order valence-electron chi connectivity index (χ1n) is 8.00. The first-order chi connectivity index (χ1) is 12.3. The van der Waals surface area contributed by atoms with Gasteiger partial charge in [0.2, 0.25) is 0 Å². The van der Waals surface area contributed by atoms with E-state index in [-0.39, 0.29) is 5.78 Å². The third kappa shape index (κ3) is 3.10. The Bertz CT molecular complexity index is 965. The fourth-order valence-corrected chi connectivity index (χ4v) is 2.64. The Balaban J connectivity index is 1.86. The van der Waals surface area contributed by atoms with Gasteiger partial charge in [-0.05, 0) is 12.2 Å². The van der Waals surface area contributed by atoms with Gasteiger partial charge in [0.15, 0.2) is 11.6 Å². The van der Waals surface area contributed by atoms with Crippen molar-refractivity contribution in [2.45, 2.75) is 0 Å². The number of allylic oxidation sites excluding steroid dienone is 5. The summed E-state index contributed by atoms with van der Waals surface area (Å²) >= 11 is 0. The summed E-state index contributed by atoms with van der Waals surface area (Å²) in [6.07, 6.45) is 6.86. The van der Waals surface area contributed by atoms with Crippen molar-refractivity contribution in [1.29, 1.82) is 0 Å². The molecule has 0 amide bonds. The molecule has 25 heavy (non-hydrogen) atoms. The highest BCUT2D eigenvalue weighted by molar-refractivity contribution is 6.15. The molecule has 0 saturated carbocycles. The highest BCUT2D eigenvalue weighted by atomic mass is 16.1. The number of ketones is 1. The van der Waals surface area contributed by atoms with Crippen molar-refractivity contribution >= 4 is 17.5 Å². The van der Waals surface area contributed by atoms with Crippen LogP contribution in [-0.4, -0.2) is 17.5 Å². The Morgan fingerprint density at radius 3 is 2.04 bits per heavy atom. The molecule has 1 heterocycles. The van der Waals surface area contributed by atoms with Crippen molar-refractivity contribution in [1.82, 2.24) is 5.32 Å². The van der Waals surface area contributed by atoms with Gasteiger partial charge in [0, 0.05) is 11.1 Å². The van der Waals surface area contributed by atoms with Crippen LogP contribution in [0.15, 0.2) is 106 Å². The molecule has 0 aromatic heterocycles. The molecule has 1 aliphatic carbocycles. The number of rotatable bonds is 2. The number of carbonyl (C=O) groups is 1. The Morgan fingerprint density at radius 2 is 1.36 bits per heavy atom. The third-order valence-electron chi connectivity index (χ3n) is 3.89. The van der Waals surface area contributed by atoms with Crippen molar-refractivity contribution in [2.24, 2.45) is 9.98 Å². The van der Waals surface area contributed by atoms with Gasteiger partial charge in [-0.2, -0.15) is 0 Å². The summed E-state index contributed by atoms with van der Waals surface area (Å²) in [6, 6.07) is 19.6. The van der Waals surface area contributed by atoms with E-state index < -0.39 is 0 Å². The van der Waals surface area contributed by atoms with Gasteiger partial charge in [0.25, 0.3) is 0 Å². The highest BCUT2D eigenvalue weighted by Crippen LogP contribution is 2.18. The molecular weight excluding hydrogens is 310 g/mol. The zero-order valence-electron chi connectivity index (χ0n) is 13.4. The molecule has 2 aliphatic rings. The molecule has 0 fully saturated rings. The molecule has 0 radical (unpaired) electrons. The summed E-state index contributed by atoms with van der Waals surface area (Å²) in [5.74, 6) is 1.69. The van der Waals surface area contributed by atoms with E-state index in [0.717, 1.165) is 11.1 Å². The van der Waals surface area contributed by atoms with Crippen molar-refractivity contribution in [3.05, 3.63) is 107 Å². The molecule has 2 aromatic rings. The van der Waals surface area contributed by atoms with Crippen molar-refractivity contribution in [3.63, 3.8) is 0 Å². The number of benzene rings is 2. The van der Waals surface area contributed by atoms with Crippen LogP contribution in [0.1, 0.15) is 11.1 Å². The summed E-state index contributed by atoms with van der Waals surface area (Å²) in [5, 5.41) is 3.21. The van der Waals surface area contributed by atoms with E-state index >= 15 is 0 Å². The molecule has 0 unspecified atom stereocenters. The number of amidine groups is 2. The zero-order chi connectivity index (χ0) is 17.1. The molecule has 4 nitrogen and oxygen atoms in total. The molecule has 0 atom stereocenters. The molecule has 0 spiro atoms. The standard InChI is InChI=1S/C21H15N3O/c25-18-14-8-7-13-17(18)21-23-19(15-9-3-1-4-10-15)22-20(24-21)16-11-5-2-6-12-16/h1-14H,(H,22,23,24). The highest BCUT2D eigenvalue weighted by Gasteiger charge is 2.20. The van der Waals surface area contributed by atoms with Crippen molar-refractivity contribution < 1.29 is 4.79 Å². The molecule has 1 N–H and O–H groups in total. The van der Waals surface area contributed by atoms with E-state index in [1.54, 1.807) is 12.2 Å². The van der Waals surface area contributed by atoms with Crippen LogP contribution >= 0.6 is 0 Å². The summed E-state index contributed by atoms with van der Waals surface area (Å²) in [5.41, 5.74) is 2.37. The molecule has 2 aromatic carbocycles. The lowest BCUT2D eigenvalue weighted by molar-refractivity contribution is -0.111. The maximum Gasteiger partial charge on any atom is 0.189 e. The number of nitrogens with one attached hydrogen (secondary N) is 1. The van der Waals surface area contributed by atoms with E-state index in [1.165, 1.54) is 6.08 Å². The first-order valence-corrected chi connectivity index (χ1v) is 8.00. The molecular formula is C21H15N3O. The number of hydrogen-bond donors (Lipinski definition) is 1. The lowest BCUT2D eigenvalue weighted by Crippen LogP contribution is -2.30. The van der Waals surface area contributed by atoms with Crippen LogP contribution < -0.4 is 5.32 Å². The van der Waals surface area contributed by atoms with Crippen LogP contribution in [0.25, 0.3) is 0 Å². The fourth-order valence-electron chi connectivity index (χ4n) is 2.64. The monoisotopic (exact) mass is 325 g/mol. The second kappa shape index (κ2) is 6.53. The first kappa shape index (κ1) is 15.0. The van der Waals surface area contributed by atoms with E-state index in [0.29, 0.717) is 23.1 Å². The Morgan fingerprint density at radius 1 is 0.720 bits per heavy atom. The lowest BCUT2D eigenvalue weighted by Gasteiger charge is -2.19. The van der Waals surface area contributed by atoms with Crippen molar-refractivity contribution in [3.8, 4) is 0 Å². The van der Waals surface area contributed by atoms with Gasteiger partial charge >= 0.3 is 0 Å². The maximum absolute atomic E-state index is 12.2. The summed E-state index contributed by atoms with van der Waals surface area (Å²) in [6.45, 7) is 0. The lowest BCUT2D eigenvalue weighted by atomic mass is 10.1. The predicted octanol–water partition coefficient (Wildman–Crippen LogP) is 3.39. The largest absolute Gasteiger partial charge is 0.324 e. The molecule has 120 valence electrons. The van der Waals surface area contributed by atoms with E-state index in [9.17, 15) is 4.79 Å². The van der Waals surface area contributed by atoms with Crippen LogP contribution in [0, 0.1) is 0 Å². The Hall–Kier alpha value is -3.53. The van der Waals surface area contributed by atoms with Gasteiger partial charge in [0.05, 0.1) is 5.57 Å². The van der Waals surface area contributed by atoms with Gasteiger partial charge in [0.1, 0.15) is 11.7 Å². The number of aliphatic imine (C=N–C) groups is 2. The average molecular weight is 325 g/mol. The molecule has 0 saturated heterocycles. The second-order valence-electron chi connectivity index (χ2n) is 5.60. The minimum Gasteiger partial charge on any atom is -0.324 e. The number of nitrogens with zero attached hydrogens (tertiary/aromatic N) is 2. The van der Waals surface area contributed by atoms with Crippen LogP contribution in [0.4, 0.5) is 0 Å². The van der Waals surface area contributed by atoms with Crippen LogP contribution in [0.3, 0.4) is 0 Å². The molecule has 1 aliphatic heterocycles. The van der Waals surface area contributed by atoms with E-state index in [1.807, 2.05) is 66.7 Å². The van der Waals surface area contributed by atoms with Gasteiger partial charge in [-0.25, -0.2) is 9.98 Å². The molecule has 4 rings (SSSR count). The third-order valence-corrected chi connectivity index (χ3v) is 3.89. The quantitative estimate of drug-likeness (QED) is 0.861. The van der Waals surface area contributed by atoms with Gasteiger partial charge in [-0.15, -0.1) is 0 Å². The summed E-state index contributed by atoms with van der Waals surface area (Å²) < 4.78 is 0. The van der Waals surface area contributed by atoms with Crippen LogP contribution in [-0.2, 0) is 4.79 Å². The van der Waals surface area contributed by atoms with E-state index in [2.05, 4.69) is 15.3 Å². The Labute approximate surface area is 145 Å². The SMILES string of the molecule is O=C1C=CC=C/C1=C1\N=C(c2ccccc2)N=C(c2ccccc2)N1. The van der Waals surface area contributed by atoms with Crippen molar-refractivity contribution in [2.75, 3.05) is 0 Å². The zero-order valence-corrected chi connectivity index (χ0v) is 13.4. The minimum atomic E-state index is -0.0736. The number of carbonyl (C=O) groups excluding carboxylic acids is 1. The van der Waals surface area contributed by atoms with Gasteiger partial charge in [-0.1, -0.05) is 72.8 Å². The predicted molar refractivity (Wildman–Crippen MR) is 99.4 cm³/mol. The average Bonchev–Trinajstić information content (AvgIpc) is 2.69. The topological polar surface area (TPSA) is 53.8 Å². The molecule has 0 bridgehead atoms. The maximum atomic E-state index is 12.2. The van der Waals surface area contributed by atoms with Crippen LogP contribution in [0.2, 0.25) is 0 Å². The Kier molecular flexibility index (Phi) is 3.92. The van der Waals surface area contributed by atoms with Gasteiger partial charge in [-0.3, -0.25) is 4.79 Å². The number of hydrogen-bond acceptors (Lipinski definition) is 4. The fraction of sp³-hybridized carbons (Fsp3) is 0.